The SMILES string of the molecule is CCCC1O[C@@H]2CC3C4CCC5=CC(=O)C=CC5(C)C4[C@@H](O)CC3(C)[C@]2(C(=O)COc2c(Cl)cc(Cl)c3ccccc23)O1. The van der Waals surface area contributed by atoms with Crippen molar-refractivity contribution in [3.05, 3.63) is 64.2 Å². The van der Waals surface area contributed by atoms with Crippen molar-refractivity contribution < 1.29 is 28.9 Å². The smallest absolute Gasteiger partial charge is 0.205 e. The van der Waals surface area contributed by atoms with Crippen LogP contribution in [0.3, 0.4) is 0 Å². The van der Waals surface area contributed by atoms with E-state index in [1.54, 1.807) is 18.2 Å². The lowest BCUT2D eigenvalue weighted by Crippen LogP contribution is -2.63. The number of fused-ring (bicyclic) bond motifs is 8. The summed E-state index contributed by atoms with van der Waals surface area (Å²) < 4.78 is 19.5. The number of benzene rings is 2. The van der Waals surface area contributed by atoms with E-state index in [1.165, 1.54) is 0 Å². The molecule has 0 radical (unpaired) electrons. The van der Waals surface area contributed by atoms with E-state index in [9.17, 15) is 14.7 Å². The van der Waals surface area contributed by atoms with Crippen molar-refractivity contribution in [2.45, 2.75) is 83.4 Å². The number of carbonyl (C=O) groups excluding carboxylic acids is 2. The minimum Gasteiger partial charge on any atom is -0.483 e. The van der Waals surface area contributed by atoms with Gasteiger partial charge in [-0.3, -0.25) is 9.59 Å². The van der Waals surface area contributed by atoms with Crippen LogP contribution in [0, 0.1) is 28.6 Å². The molecular formula is C35H38Cl2O6. The Bertz CT molecular complexity index is 1570. The maximum Gasteiger partial charge on any atom is 0.205 e. The van der Waals surface area contributed by atoms with Crippen LogP contribution in [0.2, 0.25) is 10.0 Å². The predicted molar refractivity (Wildman–Crippen MR) is 165 cm³/mol. The van der Waals surface area contributed by atoms with Crippen molar-refractivity contribution in [1.82, 2.24) is 0 Å². The van der Waals surface area contributed by atoms with Crippen molar-refractivity contribution >= 4 is 45.5 Å². The van der Waals surface area contributed by atoms with Gasteiger partial charge in [-0.2, -0.15) is 0 Å². The molecule has 7 rings (SSSR count). The predicted octanol–water partition coefficient (Wildman–Crippen LogP) is 7.26. The zero-order chi connectivity index (χ0) is 30.3. The lowest BCUT2D eigenvalue weighted by atomic mass is 9.46. The lowest BCUT2D eigenvalue weighted by Gasteiger charge is -2.59. The molecule has 1 N–H and O–H groups in total. The summed E-state index contributed by atoms with van der Waals surface area (Å²) in [6.07, 6.45) is 8.07. The molecule has 43 heavy (non-hydrogen) atoms. The van der Waals surface area contributed by atoms with Crippen LogP contribution in [0.4, 0.5) is 0 Å². The van der Waals surface area contributed by atoms with Crippen LogP contribution in [0.25, 0.3) is 10.8 Å². The Morgan fingerprint density at radius 2 is 1.93 bits per heavy atom. The van der Waals surface area contributed by atoms with Gasteiger partial charge in [0.25, 0.3) is 0 Å². The second-order valence-corrected chi connectivity index (χ2v) is 14.4. The molecule has 0 bridgehead atoms. The maximum absolute atomic E-state index is 14.6. The first-order chi connectivity index (χ1) is 20.5. The van der Waals surface area contributed by atoms with Gasteiger partial charge >= 0.3 is 0 Å². The summed E-state index contributed by atoms with van der Waals surface area (Å²) in [7, 11) is 0. The molecular weight excluding hydrogens is 587 g/mol. The highest BCUT2D eigenvalue weighted by Gasteiger charge is 2.75. The quantitative estimate of drug-likeness (QED) is 0.364. The summed E-state index contributed by atoms with van der Waals surface area (Å²) in [6, 6.07) is 9.19. The number of Topliss-reactive ketones (excluding diaryl/α,β-unsaturated/α-hetero) is 1. The average molecular weight is 626 g/mol. The second-order valence-electron chi connectivity index (χ2n) is 13.6. The molecule has 8 heteroatoms. The molecule has 9 atom stereocenters. The molecule has 6 nitrogen and oxygen atoms in total. The third-order valence-corrected chi connectivity index (χ3v) is 12.1. The number of aliphatic hydroxyl groups is 1. The van der Waals surface area contributed by atoms with Gasteiger partial charge in [0.05, 0.1) is 22.3 Å². The Kier molecular flexibility index (Phi) is 7.14. The van der Waals surface area contributed by atoms with Gasteiger partial charge in [0.15, 0.2) is 17.7 Å². The molecule has 4 aliphatic carbocycles. The van der Waals surface area contributed by atoms with Crippen LogP contribution in [-0.4, -0.2) is 47.4 Å². The normalized spacial score (nSPS) is 39.6. The molecule has 1 aliphatic heterocycles. The van der Waals surface area contributed by atoms with E-state index < -0.39 is 34.9 Å². The monoisotopic (exact) mass is 624 g/mol. The molecule has 1 heterocycles. The number of allylic oxidation sites excluding steroid dienone is 4. The molecule has 6 unspecified atom stereocenters. The summed E-state index contributed by atoms with van der Waals surface area (Å²) in [5.74, 6) is 0.431. The fourth-order valence-electron chi connectivity index (χ4n) is 9.67. The third kappa shape index (κ3) is 4.16. The van der Waals surface area contributed by atoms with Gasteiger partial charge in [0, 0.05) is 27.5 Å². The molecule has 0 aromatic heterocycles. The van der Waals surface area contributed by atoms with E-state index in [4.69, 9.17) is 37.4 Å². The van der Waals surface area contributed by atoms with Crippen LogP contribution in [0.5, 0.6) is 5.75 Å². The van der Waals surface area contributed by atoms with Gasteiger partial charge in [-0.15, -0.1) is 0 Å². The van der Waals surface area contributed by atoms with Gasteiger partial charge in [-0.05, 0) is 62.2 Å². The highest BCUT2D eigenvalue weighted by atomic mass is 35.5. The molecule has 3 saturated carbocycles. The highest BCUT2D eigenvalue weighted by molar-refractivity contribution is 6.40. The molecule has 2 aromatic rings. The second kappa shape index (κ2) is 10.4. The van der Waals surface area contributed by atoms with Crippen LogP contribution < -0.4 is 4.74 Å². The summed E-state index contributed by atoms with van der Waals surface area (Å²) in [6.45, 7) is 6.10. The Labute approximate surface area is 262 Å². The molecule has 4 fully saturated rings. The molecule has 0 amide bonds. The first-order valence-corrected chi connectivity index (χ1v) is 16.3. The Morgan fingerprint density at radius 3 is 2.70 bits per heavy atom. The van der Waals surface area contributed by atoms with Crippen molar-refractivity contribution in [3.8, 4) is 5.75 Å². The minimum atomic E-state index is -1.26. The Hall–Kier alpha value is -2.22. The first-order valence-electron chi connectivity index (χ1n) is 15.5. The number of hydrogen-bond donors (Lipinski definition) is 1. The number of aliphatic hydroxyl groups excluding tert-OH is 1. The highest BCUT2D eigenvalue weighted by Crippen LogP contribution is 2.69. The number of hydrogen-bond acceptors (Lipinski definition) is 6. The summed E-state index contributed by atoms with van der Waals surface area (Å²) in [5, 5.41) is 14.3. The van der Waals surface area contributed by atoms with E-state index in [0.717, 1.165) is 35.6 Å². The molecule has 1 saturated heterocycles. The Morgan fingerprint density at radius 1 is 1.16 bits per heavy atom. The minimum absolute atomic E-state index is 0.0124. The van der Waals surface area contributed by atoms with Crippen LogP contribution >= 0.6 is 23.2 Å². The van der Waals surface area contributed by atoms with E-state index in [2.05, 4.69) is 20.8 Å². The van der Waals surface area contributed by atoms with Crippen LogP contribution in [0.15, 0.2) is 54.1 Å². The maximum atomic E-state index is 14.6. The van der Waals surface area contributed by atoms with Crippen molar-refractivity contribution in [2.75, 3.05) is 6.61 Å². The number of ketones is 2. The fraction of sp³-hybridized carbons (Fsp3) is 0.543. The standard InChI is InChI=1S/C35H38Cl2O6/c1-4-7-30-42-29-15-24-23-11-10-19-14-20(38)12-13-33(19,2)31(23)27(39)17-34(24,3)35(29,43-30)28(40)18-41-32-22-9-6-5-8-21(22)25(36)16-26(32)37/h5-6,8-9,12-14,16,23-24,27,29-31,39H,4,7,10-11,15,17-18H2,1-3H3/t23?,24?,27-,29+,30?,31?,33?,34?,35+/m0/s1. The molecule has 5 aliphatic rings. The van der Waals surface area contributed by atoms with Gasteiger partial charge in [-0.25, -0.2) is 0 Å². The summed E-state index contributed by atoms with van der Waals surface area (Å²) in [5.41, 5.74) is -1.22. The third-order valence-electron chi connectivity index (χ3n) is 11.5. The summed E-state index contributed by atoms with van der Waals surface area (Å²) in [4.78, 5) is 26.8. The van der Waals surface area contributed by atoms with Crippen LogP contribution in [-0.2, 0) is 19.1 Å². The zero-order valence-electron chi connectivity index (χ0n) is 24.8. The van der Waals surface area contributed by atoms with Crippen molar-refractivity contribution in [3.63, 3.8) is 0 Å². The largest absolute Gasteiger partial charge is 0.483 e. The van der Waals surface area contributed by atoms with Crippen molar-refractivity contribution in [2.24, 2.45) is 28.6 Å². The van der Waals surface area contributed by atoms with E-state index >= 15 is 0 Å². The zero-order valence-corrected chi connectivity index (χ0v) is 26.3. The summed E-state index contributed by atoms with van der Waals surface area (Å²) >= 11 is 13.0. The van der Waals surface area contributed by atoms with E-state index in [1.807, 2.05) is 30.3 Å². The number of rotatable bonds is 6. The molecule has 228 valence electrons. The molecule has 0 spiro atoms. The van der Waals surface area contributed by atoms with E-state index in [0.29, 0.717) is 35.1 Å². The van der Waals surface area contributed by atoms with Gasteiger partial charge < -0.3 is 19.3 Å². The number of halogens is 2. The lowest BCUT2D eigenvalue weighted by molar-refractivity contribution is -0.200. The molecule has 2 aromatic carbocycles. The van der Waals surface area contributed by atoms with Crippen molar-refractivity contribution in [1.29, 1.82) is 0 Å². The van der Waals surface area contributed by atoms with Gasteiger partial charge in [0.1, 0.15) is 12.4 Å². The van der Waals surface area contributed by atoms with Gasteiger partial charge in [-0.1, -0.05) is 86.3 Å². The topological polar surface area (TPSA) is 82.1 Å². The van der Waals surface area contributed by atoms with E-state index in [-0.39, 0.29) is 35.9 Å². The number of carbonyl (C=O) groups is 2. The average Bonchev–Trinajstić information content (AvgIpc) is 3.45. The van der Waals surface area contributed by atoms with Crippen LogP contribution in [0.1, 0.15) is 59.3 Å². The fourth-order valence-corrected chi connectivity index (χ4v) is 10.3. The Balaban J connectivity index is 1.24. The van der Waals surface area contributed by atoms with Gasteiger partial charge in [0.2, 0.25) is 5.78 Å². The number of ether oxygens (including phenoxy) is 3. The first kappa shape index (κ1) is 29.5.